The molecule has 2 unspecified atom stereocenters. The second kappa shape index (κ2) is 6.71. The van der Waals surface area contributed by atoms with Crippen molar-refractivity contribution in [1.29, 1.82) is 0 Å². The first kappa shape index (κ1) is 16.9. The number of rotatable bonds is 4. The van der Waals surface area contributed by atoms with Gasteiger partial charge in [0, 0.05) is 24.1 Å². The highest BCUT2D eigenvalue weighted by Crippen LogP contribution is 2.46. The molecule has 0 aliphatic carbocycles. The minimum atomic E-state index is -0.178. The Morgan fingerprint density at radius 1 is 1.07 bits per heavy atom. The molecule has 0 saturated carbocycles. The first-order valence-electron chi connectivity index (χ1n) is 9.69. The molecule has 142 valence electrons. The van der Waals surface area contributed by atoms with Crippen LogP contribution in [-0.2, 0) is 0 Å². The minimum absolute atomic E-state index is 0.178. The molecule has 0 spiro atoms. The topological polar surface area (TPSA) is 30.9 Å². The second-order valence-electron chi connectivity index (χ2n) is 7.85. The minimum Gasteiger partial charge on any atom is -0.493 e. The average molecular weight is 369 g/mol. The van der Waals surface area contributed by atoms with Gasteiger partial charge in [-0.1, -0.05) is 12.1 Å². The van der Waals surface area contributed by atoms with Crippen molar-refractivity contribution in [2.45, 2.75) is 37.3 Å². The first-order valence-corrected chi connectivity index (χ1v) is 9.69. The summed E-state index contributed by atoms with van der Waals surface area (Å²) in [6.45, 7) is 0.908. The van der Waals surface area contributed by atoms with Gasteiger partial charge in [0.2, 0.25) is 6.79 Å². The van der Waals surface area contributed by atoms with E-state index in [4.69, 9.17) is 14.2 Å². The molecule has 3 heterocycles. The number of fused-ring (bicyclic) bond motifs is 3. The van der Waals surface area contributed by atoms with Crippen molar-refractivity contribution in [3.8, 4) is 17.2 Å². The van der Waals surface area contributed by atoms with E-state index in [9.17, 15) is 4.39 Å². The Balaban J connectivity index is 1.37. The predicted octanol–water partition coefficient (Wildman–Crippen LogP) is 4.20. The Hall–Kier alpha value is -2.27. The quantitative estimate of drug-likeness (QED) is 0.808. The molecule has 5 rings (SSSR count). The highest BCUT2D eigenvalue weighted by molar-refractivity contribution is 5.46. The number of ether oxygens (including phenoxy) is 3. The summed E-state index contributed by atoms with van der Waals surface area (Å²) < 4.78 is 30.4. The van der Waals surface area contributed by atoms with E-state index < -0.39 is 0 Å². The van der Waals surface area contributed by atoms with Crippen molar-refractivity contribution in [3.05, 3.63) is 53.8 Å². The monoisotopic (exact) mass is 369 g/mol. The summed E-state index contributed by atoms with van der Waals surface area (Å²) in [4.78, 5) is 2.52. The Morgan fingerprint density at radius 3 is 2.74 bits per heavy atom. The van der Waals surface area contributed by atoms with Crippen LogP contribution in [0.25, 0.3) is 0 Å². The van der Waals surface area contributed by atoms with Gasteiger partial charge in [-0.05, 0) is 62.1 Å². The standard InChI is InChI=1S/C22H24FNO3/c1-24-16-6-8-20(24)19(18(10-16)14-2-4-15(23)5-3-14)12-25-17-7-9-21-22(11-17)27-13-26-21/h2-5,7,9,11,16,18-20H,6,8,10,12-13H2,1H3/t16?,18?,19-,20+/m0/s1. The lowest BCUT2D eigenvalue weighted by atomic mass is 9.76. The number of benzene rings is 2. The van der Waals surface area contributed by atoms with Gasteiger partial charge in [-0.3, -0.25) is 0 Å². The van der Waals surface area contributed by atoms with E-state index in [-0.39, 0.29) is 12.6 Å². The summed E-state index contributed by atoms with van der Waals surface area (Å²) in [5.41, 5.74) is 1.22. The van der Waals surface area contributed by atoms with Gasteiger partial charge in [-0.25, -0.2) is 4.39 Å². The van der Waals surface area contributed by atoms with Gasteiger partial charge in [0.25, 0.3) is 0 Å². The molecule has 5 heteroatoms. The molecule has 0 amide bonds. The van der Waals surface area contributed by atoms with Crippen LogP contribution >= 0.6 is 0 Å². The van der Waals surface area contributed by atoms with Crippen molar-refractivity contribution in [3.63, 3.8) is 0 Å². The number of halogens is 1. The van der Waals surface area contributed by atoms with Crippen molar-refractivity contribution in [1.82, 2.24) is 4.90 Å². The molecule has 2 bridgehead atoms. The summed E-state index contributed by atoms with van der Waals surface area (Å²) >= 11 is 0. The molecule has 2 saturated heterocycles. The maximum absolute atomic E-state index is 13.4. The lowest BCUT2D eigenvalue weighted by Gasteiger charge is -2.43. The molecule has 3 aliphatic heterocycles. The lowest BCUT2D eigenvalue weighted by molar-refractivity contribution is 0.0665. The summed E-state index contributed by atoms with van der Waals surface area (Å²) in [6, 6.07) is 13.9. The number of hydrogen-bond acceptors (Lipinski definition) is 4. The van der Waals surface area contributed by atoms with E-state index in [2.05, 4.69) is 11.9 Å². The fourth-order valence-corrected chi connectivity index (χ4v) is 5.06. The smallest absolute Gasteiger partial charge is 0.231 e. The van der Waals surface area contributed by atoms with Gasteiger partial charge in [-0.2, -0.15) is 0 Å². The maximum Gasteiger partial charge on any atom is 0.231 e. The van der Waals surface area contributed by atoms with Crippen LogP contribution in [-0.4, -0.2) is 37.4 Å². The zero-order valence-electron chi connectivity index (χ0n) is 15.4. The van der Waals surface area contributed by atoms with Crippen LogP contribution in [0.1, 0.15) is 30.7 Å². The number of piperidine rings is 1. The molecule has 0 radical (unpaired) electrons. The highest BCUT2D eigenvalue weighted by atomic mass is 19.1. The molecule has 2 aromatic carbocycles. The summed E-state index contributed by atoms with van der Waals surface area (Å²) in [7, 11) is 2.23. The van der Waals surface area contributed by atoms with Crippen LogP contribution in [0.5, 0.6) is 17.2 Å². The molecule has 0 N–H and O–H groups in total. The molecule has 2 fully saturated rings. The van der Waals surface area contributed by atoms with E-state index in [1.165, 1.54) is 18.4 Å². The van der Waals surface area contributed by atoms with Crippen molar-refractivity contribution >= 4 is 0 Å². The Kier molecular flexibility index (Phi) is 4.20. The fourth-order valence-electron chi connectivity index (χ4n) is 5.06. The molecule has 27 heavy (non-hydrogen) atoms. The van der Waals surface area contributed by atoms with Crippen molar-refractivity contribution < 1.29 is 18.6 Å². The van der Waals surface area contributed by atoms with Gasteiger partial charge in [-0.15, -0.1) is 0 Å². The van der Waals surface area contributed by atoms with Crippen LogP contribution < -0.4 is 14.2 Å². The van der Waals surface area contributed by atoms with Crippen LogP contribution in [0.2, 0.25) is 0 Å². The fraction of sp³-hybridized carbons (Fsp3) is 0.455. The van der Waals surface area contributed by atoms with Crippen LogP contribution in [0, 0.1) is 11.7 Å². The first-order chi connectivity index (χ1) is 13.2. The average Bonchev–Trinajstić information content (AvgIpc) is 3.23. The molecule has 0 aromatic heterocycles. The van der Waals surface area contributed by atoms with Gasteiger partial charge >= 0.3 is 0 Å². The van der Waals surface area contributed by atoms with E-state index in [0.717, 1.165) is 23.7 Å². The Labute approximate surface area is 158 Å². The Morgan fingerprint density at radius 2 is 1.89 bits per heavy atom. The van der Waals surface area contributed by atoms with Crippen LogP contribution in [0.3, 0.4) is 0 Å². The number of nitrogens with zero attached hydrogens (tertiary/aromatic N) is 1. The molecule has 4 atom stereocenters. The molecular formula is C22H24FNO3. The molecule has 3 aliphatic rings. The third-order valence-corrected chi connectivity index (χ3v) is 6.52. The highest BCUT2D eigenvalue weighted by Gasteiger charge is 2.46. The summed E-state index contributed by atoms with van der Waals surface area (Å²) in [5.74, 6) is 2.91. The van der Waals surface area contributed by atoms with E-state index in [0.29, 0.717) is 30.5 Å². The zero-order valence-corrected chi connectivity index (χ0v) is 15.4. The third kappa shape index (κ3) is 3.04. The lowest BCUT2D eigenvalue weighted by Crippen LogP contribution is -2.47. The Bertz CT molecular complexity index is 825. The largest absolute Gasteiger partial charge is 0.493 e. The van der Waals surface area contributed by atoms with Crippen molar-refractivity contribution in [2.75, 3.05) is 20.4 Å². The normalized spacial score (nSPS) is 29.1. The zero-order chi connectivity index (χ0) is 18.4. The van der Waals surface area contributed by atoms with E-state index in [1.807, 2.05) is 30.3 Å². The van der Waals surface area contributed by atoms with E-state index >= 15 is 0 Å². The second-order valence-corrected chi connectivity index (χ2v) is 7.85. The van der Waals surface area contributed by atoms with Gasteiger partial charge < -0.3 is 19.1 Å². The third-order valence-electron chi connectivity index (χ3n) is 6.52. The summed E-state index contributed by atoms with van der Waals surface area (Å²) in [6.07, 6.45) is 3.54. The predicted molar refractivity (Wildman–Crippen MR) is 99.9 cm³/mol. The van der Waals surface area contributed by atoms with Crippen LogP contribution in [0.4, 0.5) is 4.39 Å². The molecule has 2 aromatic rings. The van der Waals surface area contributed by atoms with Gasteiger partial charge in [0.05, 0.1) is 6.61 Å². The molecule has 4 nitrogen and oxygen atoms in total. The van der Waals surface area contributed by atoms with Gasteiger partial charge in [0.15, 0.2) is 11.5 Å². The van der Waals surface area contributed by atoms with Crippen LogP contribution in [0.15, 0.2) is 42.5 Å². The summed E-state index contributed by atoms with van der Waals surface area (Å²) in [5, 5.41) is 0. The van der Waals surface area contributed by atoms with Gasteiger partial charge in [0.1, 0.15) is 11.6 Å². The van der Waals surface area contributed by atoms with E-state index in [1.54, 1.807) is 12.1 Å². The maximum atomic E-state index is 13.4. The molecular weight excluding hydrogens is 345 g/mol. The number of hydrogen-bond donors (Lipinski definition) is 0. The van der Waals surface area contributed by atoms with Crippen molar-refractivity contribution in [2.24, 2.45) is 5.92 Å². The SMILES string of the molecule is CN1C2CC[C@@H]1[C@@H](COc1ccc3c(c1)OCO3)C(c1ccc(F)cc1)C2.